The van der Waals surface area contributed by atoms with E-state index in [1.165, 1.54) is 0 Å². The molecule has 10 aromatic rings. The Hall–Kier alpha value is -8.88. The van der Waals surface area contributed by atoms with Crippen LogP contribution >= 0.6 is 23.4 Å². The third kappa shape index (κ3) is 26.4. The number of nitrogens with zero attached hydrogens (tertiary/aromatic N) is 4. The number of aliphatic hydroxyl groups is 1. The van der Waals surface area contributed by atoms with Gasteiger partial charge in [0, 0.05) is 93.9 Å². The Morgan fingerprint density at radius 1 is 0.509 bits per heavy atom. The number of carboxylic acids is 1. The zero-order valence-electron chi connectivity index (χ0n) is 66.6. The second-order valence-electron chi connectivity index (χ2n) is 26.6. The predicted molar refractivity (Wildman–Crippen MR) is 437 cm³/mol. The number of fused-ring (bicyclic) bond motifs is 4. The van der Waals surface area contributed by atoms with Crippen molar-refractivity contribution < 1.29 is 88.1 Å². The molecule has 25 heteroatoms. The number of carboxylic acid groups (broad SMARTS) is 1. The molecule has 0 spiro atoms. The van der Waals surface area contributed by atoms with Gasteiger partial charge in [-0.1, -0.05) is 56.0 Å². The van der Waals surface area contributed by atoms with E-state index in [9.17, 15) is 39.0 Å². The van der Waals surface area contributed by atoms with Crippen molar-refractivity contribution >= 4 is 69.3 Å². The molecule has 0 radical (unpaired) electrons. The Balaban J connectivity index is 0.000000467. The third-order valence-electron chi connectivity index (χ3n) is 17.1. The first-order valence-electron chi connectivity index (χ1n) is 35.2. The van der Waals surface area contributed by atoms with Crippen molar-refractivity contribution in [3.63, 3.8) is 0 Å². The summed E-state index contributed by atoms with van der Waals surface area (Å²) in [5.41, 5.74) is 20.7. The first-order chi connectivity index (χ1) is 50.5. The Kier molecular flexibility index (Phi) is 40.7. The van der Waals surface area contributed by atoms with Crippen LogP contribution in [0.5, 0.6) is 0 Å². The molecule has 1 amide bonds. The zero-order chi connectivity index (χ0) is 79.8. The van der Waals surface area contributed by atoms with Gasteiger partial charge in [0.15, 0.2) is 0 Å². The number of esters is 2. The van der Waals surface area contributed by atoms with Gasteiger partial charge in [-0.3, -0.25) is 14.4 Å². The summed E-state index contributed by atoms with van der Waals surface area (Å²) in [4.78, 5) is 80.0. The fraction of sp³-hybridized carbons (Fsp3) is 0.365. The molecular weight excluding hydrogens is 1450 g/mol. The van der Waals surface area contributed by atoms with E-state index in [1.54, 1.807) is 26.0 Å². The number of halogens is 2. The van der Waals surface area contributed by atoms with E-state index < -0.39 is 12.1 Å². The van der Waals surface area contributed by atoms with Crippen LogP contribution in [0, 0.1) is 55.4 Å². The van der Waals surface area contributed by atoms with Gasteiger partial charge in [-0.05, 0) is 255 Å². The number of pyridine rings is 6. The molecule has 0 saturated heterocycles. The van der Waals surface area contributed by atoms with Gasteiger partial charge in [0.05, 0.1) is 96.9 Å². The van der Waals surface area contributed by atoms with Crippen LogP contribution in [0.15, 0.2) is 168 Å². The molecule has 0 bridgehead atoms. The molecule has 0 aliphatic heterocycles. The summed E-state index contributed by atoms with van der Waals surface area (Å²) in [6.45, 7) is 51.6. The molecule has 0 saturated carbocycles. The van der Waals surface area contributed by atoms with Gasteiger partial charge in [0.1, 0.15) is 0 Å². The molecule has 10 heterocycles. The van der Waals surface area contributed by atoms with Crippen LogP contribution in [0.25, 0.3) is 22.1 Å². The van der Waals surface area contributed by atoms with Gasteiger partial charge in [0.25, 0.3) is 17.0 Å². The van der Waals surface area contributed by atoms with Crippen molar-refractivity contribution in [1.29, 1.82) is 0 Å². The van der Waals surface area contributed by atoms with Gasteiger partial charge < -0.3 is 72.3 Å². The van der Waals surface area contributed by atoms with E-state index in [-0.39, 0.29) is 96.3 Å². The van der Waals surface area contributed by atoms with E-state index >= 15 is 0 Å². The minimum absolute atomic E-state index is 0. The summed E-state index contributed by atoms with van der Waals surface area (Å²) in [5, 5.41) is 22.1. The monoisotopic (exact) mass is 1560 g/mol. The van der Waals surface area contributed by atoms with Crippen LogP contribution in [0.4, 0.5) is 0 Å². The molecule has 4 atom stereocenters. The number of nitrogens with one attached hydrogen (secondary N) is 4. The van der Waals surface area contributed by atoms with Gasteiger partial charge in [-0.15, -0.1) is 11.6 Å². The Morgan fingerprint density at radius 3 is 1.11 bits per heavy atom. The number of aliphatic hydroxyl groups excluding tert-OH is 1. The maximum absolute atomic E-state index is 13.0. The number of hydrogen-bond donors (Lipinski definition) is 6. The zero-order valence-corrected chi connectivity index (χ0v) is 70.1. The van der Waals surface area contributed by atoms with Crippen LogP contribution in [0.3, 0.4) is 0 Å². The molecular formula is C85H111Cl2N8NaO14. The summed E-state index contributed by atoms with van der Waals surface area (Å²) in [6, 6.07) is 26.4. The largest absolute Gasteiger partial charge is 1.00 e. The number of aromatic nitrogens is 6. The molecule has 10 rings (SSSR count). The number of aryl methyl sites for hydroxylation is 4. The van der Waals surface area contributed by atoms with Crippen molar-refractivity contribution in [1.82, 2.24) is 37.7 Å². The first-order valence-corrected chi connectivity index (χ1v) is 36.1. The van der Waals surface area contributed by atoms with E-state index in [2.05, 4.69) is 50.8 Å². The number of rotatable bonds is 24. The van der Waals surface area contributed by atoms with Crippen molar-refractivity contribution in [2.45, 2.75) is 170 Å². The molecule has 0 aromatic carbocycles. The fourth-order valence-electron chi connectivity index (χ4n) is 12.1. The maximum Gasteiger partial charge on any atom is 1.00 e. The van der Waals surface area contributed by atoms with E-state index in [1.807, 2.05) is 222 Å². The van der Waals surface area contributed by atoms with Crippen molar-refractivity contribution in [2.24, 2.45) is 0 Å². The Bertz CT molecular complexity index is 4960. The van der Waals surface area contributed by atoms with Crippen LogP contribution in [-0.2, 0) is 36.8 Å². The van der Waals surface area contributed by atoms with Crippen molar-refractivity contribution in [2.75, 3.05) is 38.9 Å². The number of alkyl halides is 1. The van der Waals surface area contributed by atoms with Crippen LogP contribution in [-0.4, -0.2) is 106 Å². The number of ether oxygens (including phenoxy) is 5. The van der Waals surface area contributed by atoms with Gasteiger partial charge in [-0.2, -0.15) is 0 Å². The van der Waals surface area contributed by atoms with Gasteiger partial charge in [-0.25, -0.2) is 19.2 Å². The van der Waals surface area contributed by atoms with E-state index in [4.69, 9.17) is 47.1 Å². The van der Waals surface area contributed by atoms with Crippen LogP contribution in [0.2, 0.25) is 0 Å². The number of aromatic carboxylic acids is 1. The topological polar surface area (TPSA) is 292 Å². The molecule has 7 N–H and O–H groups in total. The number of hydrogen-bond acceptors (Lipinski definition) is 14. The summed E-state index contributed by atoms with van der Waals surface area (Å²) in [6.07, 6.45) is 6.52. The predicted octanol–water partition coefficient (Wildman–Crippen LogP) is 14.8. The minimum atomic E-state index is -0.917. The number of amides is 1. The Morgan fingerprint density at radius 2 is 0.809 bits per heavy atom. The second kappa shape index (κ2) is 46.1. The van der Waals surface area contributed by atoms with Crippen molar-refractivity contribution in [3.8, 4) is 0 Å². The summed E-state index contributed by atoms with van der Waals surface area (Å²) < 4.78 is 35.8. The second-order valence-corrected chi connectivity index (χ2v) is 27.1. The average Bonchev–Trinajstić information content (AvgIpc) is 1.56. The van der Waals surface area contributed by atoms with Crippen LogP contribution in [0.1, 0.15) is 221 Å². The van der Waals surface area contributed by atoms with Crippen molar-refractivity contribution in [3.05, 3.63) is 280 Å². The smallest absolute Gasteiger partial charge is 0.870 e. The number of H-pyrrole nitrogens is 2. The number of carbonyl (C=O) groups excluding carboxylic acids is 3. The van der Waals surface area contributed by atoms with Gasteiger partial charge >= 0.3 is 47.5 Å². The van der Waals surface area contributed by atoms with Crippen LogP contribution < -0.4 is 50.8 Å². The molecule has 0 aliphatic rings. The molecule has 4 unspecified atom stereocenters. The summed E-state index contributed by atoms with van der Waals surface area (Å²) in [5.74, 6) is -1.19. The fourth-order valence-corrected chi connectivity index (χ4v) is 12.2. The average molecular weight is 1560 g/mol. The minimum Gasteiger partial charge on any atom is -0.870 e. The molecule has 0 aliphatic carbocycles. The molecule has 0 fully saturated rings. The molecule has 110 heavy (non-hydrogen) atoms. The molecule has 590 valence electrons. The third-order valence-corrected chi connectivity index (χ3v) is 17.7. The summed E-state index contributed by atoms with van der Waals surface area (Å²) in [7, 11) is 0. The van der Waals surface area contributed by atoms with E-state index in [0.29, 0.717) is 78.8 Å². The Labute approximate surface area is 678 Å². The van der Waals surface area contributed by atoms with E-state index in [0.717, 1.165) is 112 Å². The quantitative estimate of drug-likeness (QED) is 0.0108. The normalized spacial score (nSPS) is 11.6. The molecule has 22 nitrogen and oxygen atoms in total. The number of aromatic amines is 2. The standard InChI is InChI=1S/C24H29N3O3.C18H23NO3.C16H19NO3.C14H17NO3.C8H11ClN2O.C4H7Cl.CH4.Na.H2O/c1-14(2)13-30-18(6)22-17(5)20(11-19-8-7-9-27(19)22)23(28)25-12-21-15(3)10-16(4)26-24(21)29;1-6-21-18(20)16-10-15-8-7-9-19(15)17(13(16)4)14(5)22-11-12(2)3;1-10(2)9-20-12(4)15-11(3)14(16(18)19)8-13-6-5-7-17(13)15;1-4-18-14(17)12-8-11-6-5-7-15(11)13(9(12)2)10(3)16;1-5-3-6(2)11-8(12)7(5)4-10-9;1-4(2)3-5;;;/h7-11,18H,1,12-13H2,2-6H3,(H,25,28)(H,26,29);7-10,14H,2,6,11H2,1,3-5H3;5-8,12H,1,9H2,2-4H3,(H,18,19);5-8,10,16H,4H2,1-3H3;3,10H,4H2,1-2H3,(H,11,12);1,3H2,2H3;1H4;;1H2/q;;;;;;;+1;/p-1. The summed E-state index contributed by atoms with van der Waals surface area (Å²) >= 11 is 10.6. The van der Waals surface area contributed by atoms with Gasteiger partial charge in [0.2, 0.25) is 0 Å². The maximum atomic E-state index is 13.0. The number of carbonyl (C=O) groups is 4. The molecule has 10 aromatic heterocycles. The first kappa shape index (κ1) is 97.2. The SMILES string of the molecule is C.C=C(C)CCl.C=C(C)COC(C)c1c(C)c(C(=O)NCc2c(C)cc(C)[nH]c2=O)cc2cccn12.C=C(C)COC(C)c1c(C)c(C(=O)O)cc2cccn12.C=C(C)COC(C)c1c(C)c(C(=O)OCC)cc2cccn12.CCOC(=O)c1cc2cccn2c(C(C)O)c1C.Cc1cc(C)c(CNCl)c(=O)[nH]1.[Na+].[OH-]. The number of allylic oxidation sites excluding steroid dienone is 1.